The number of hydrogen-bond donors (Lipinski definition) is 1. The highest BCUT2D eigenvalue weighted by Crippen LogP contribution is 2.60. The zero-order chi connectivity index (χ0) is 20.1. The molecule has 4 heterocycles. The molecule has 2 amide bonds. The molecule has 1 unspecified atom stereocenters. The molecule has 6 rings (SSSR count). The second-order valence-corrected chi connectivity index (χ2v) is 8.18. The maximum Gasteiger partial charge on any atom is 0.252 e. The third kappa shape index (κ3) is 1.71. The predicted molar refractivity (Wildman–Crippen MR) is 109 cm³/mol. The van der Waals surface area contributed by atoms with E-state index in [9.17, 15) is 9.59 Å². The smallest absolute Gasteiger partial charge is 0.252 e. The number of rotatable bonds is 1. The molecule has 3 aromatic rings. The van der Waals surface area contributed by atoms with Crippen LogP contribution in [0.3, 0.4) is 0 Å². The number of piperidine rings is 1. The molecule has 6 heteroatoms. The van der Waals surface area contributed by atoms with Crippen LogP contribution in [0, 0.1) is 5.92 Å². The molecule has 1 aromatic heterocycles. The summed E-state index contributed by atoms with van der Waals surface area (Å²) in [5.41, 5.74) is 4.69. The van der Waals surface area contributed by atoms with Crippen LogP contribution < -0.4 is 15.0 Å². The molecule has 3 aliphatic heterocycles. The van der Waals surface area contributed by atoms with Gasteiger partial charge in [-0.25, -0.2) is 0 Å². The molecular weight excluding hydrogens is 366 g/mol. The SMILES string of the molecule is COc1cc2c3c4c(ccnc14)-c1ccccc1N3[C@]1(C)C(=O)NC(=O)C2[C@H]1C. The van der Waals surface area contributed by atoms with Gasteiger partial charge in [0.15, 0.2) is 0 Å². The van der Waals surface area contributed by atoms with Gasteiger partial charge in [0.05, 0.1) is 24.4 Å². The number of ether oxygens (including phenoxy) is 1. The minimum Gasteiger partial charge on any atom is -0.494 e. The molecule has 2 bridgehead atoms. The predicted octanol–water partition coefficient (Wildman–Crippen LogP) is 3.51. The second-order valence-electron chi connectivity index (χ2n) is 8.18. The van der Waals surface area contributed by atoms with Crippen molar-refractivity contribution in [3.63, 3.8) is 0 Å². The van der Waals surface area contributed by atoms with Gasteiger partial charge < -0.3 is 9.64 Å². The number of aromatic nitrogens is 1. The highest BCUT2D eigenvalue weighted by molar-refractivity contribution is 6.19. The van der Waals surface area contributed by atoms with Gasteiger partial charge in [0.2, 0.25) is 5.91 Å². The Bertz CT molecular complexity index is 1270. The summed E-state index contributed by atoms with van der Waals surface area (Å²) < 4.78 is 5.67. The second kappa shape index (κ2) is 5.14. The first-order chi connectivity index (χ1) is 14.0. The van der Waals surface area contributed by atoms with Crippen molar-refractivity contribution < 1.29 is 14.3 Å². The van der Waals surface area contributed by atoms with Crippen LogP contribution in [0.15, 0.2) is 42.6 Å². The summed E-state index contributed by atoms with van der Waals surface area (Å²) >= 11 is 0. The number of hydrogen-bond acceptors (Lipinski definition) is 5. The van der Waals surface area contributed by atoms with E-state index in [1.807, 2.05) is 44.2 Å². The molecule has 1 N–H and O–H groups in total. The van der Waals surface area contributed by atoms with Gasteiger partial charge in [-0.15, -0.1) is 0 Å². The lowest BCUT2D eigenvalue weighted by Crippen LogP contribution is -2.69. The Labute approximate surface area is 167 Å². The number of carbonyl (C=O) groups is 2. The summed E-state index contributed by atoms with van der Waals surface area (Å²) in [5.74, 6) is -0.504. The Hall–Kier alpha value is -3.41. The van der Waals surface area contributed by atoms with E-state index in [1.54, 1.807) is 13.3 Å². The van der Waals surface area contributed by atoms with Crippen molar-refractivity contribution in [2.45, 2.75) is 25.3 Å². The summed E-state index contributed by atoms with van der Waals surface area (Å²) in [6, 6.07) is 12.0. The van der Waals surface area contributed by atoms with Crippen molar-refractivity contribution in [3.8, 4) is 16.9 Å². The summed E-state index contributed by atoms with van der Waals surface area (Å²) in [4.78, 5) is 32.8. The number of methoxy groups -OCH3 is 1. The van der Waals surface area contributed by atoms with E-state index in [2.05, 4.69) is 21.3 Å². The summed E-state index contributed by atoms with van der Waals surface area (Å²) in [5, 5.41) is 3.55. The molecule has 0 radical (unpaired) electrons. The molecule has 0 saturated carbocycles. The van der Waals surface area contributed by atoms with Crippen LogP contribution in [-0.2, 0) is 9.59 Å². The molecule has 0 aliphatic carbocycles. The molecule has 1 fully saturated rings. The van der Waals surface area contributed by atoms with Crippen LogP contribution in [-0.4, -0.2) is 29.4 Å². The number of nitrogens with one attached hydrogen (secondary N) is 1. The van der Waals surface area contributed by atoms with E-state index in [-0.39, 0.29) is 17.7 Å². The highest BCUT2D eigenvalue weighted by Gasteiger charge is 2.60. The van der Waals surface area contributed by atoms with Gasteiger partial charge >= 0.3 is 0 Å². The zero-order valence-corrected chi connectivity index (χ0v) is 16.3. The van der Waals surface area contributed by atoms with Crippen LogP contribution in [0.1, 0.15) is 25.3 Å². The van der Waals surface area contributed by atoms with Crippen molar-refractivity contribution >= 4 is 34.1 Å². The maximum absolute atomic E-state index is 13.2. The number of para-hydroxylation sites is 1. The van der Waals surface area contributed by atoms with E-state index in [0.29, 0.717) is 5.75 Å². The Morgan fingerprint density at radius 3 is 2.76 bits per heavy atom. The molecule has 3 atom stereocenters. The van der Waals surface area contributed by atoms with Crippen LogP contribution in [0.5, 0.6) is 5.75 Å². The Balaban J connectivity index is 1.88. The van der Waals surface area contributed by atoms with Gasteiger partial charge in [0.1, 0.15) is 16.8 Å². The van der Waals surface area contributed by atoms with E-state index in [1.165, 1.54) is 0 Å². The Kier molecular flexibility index (Phi) is 2.93. The van der Waals surface area contributed by atoms with Gasteiger partial charge in [-0.2, -0.15) is 0 Å². The van der Waals surface area contributed by atoms with Crippen molar-refractivity contribution in [2.75, 3.05) is 12.0 Å². The summed E-state index contributed by atoms with van der Waals surface area (Å²) in [6.07, 6.45) is 1.78. The van der Waals surface area contributed by atoms with Crippen molar-refractivity contribution in [3.05, 3.63) is 48.2 Å². The van der Waals surface area contributed by atoms with Crippen LogP contribution >= 0.6 is 0 Å². The summed E-state index contributed by atoms with van der Waals surface area (Å²) in [7, 11) is 1.62. The number of benzene rings is 2. The third-order valence-electron chi connectivity index (χ3n) is 7.02. The van der Waals surface area contributed by atoms with Gasteiger partial charge in [0.25, 0.3) is 5.91 Å². The molecule has 0 spiro atoms. The standard InChI is InChI=1S/C23H19N3O3/c1-11-17-14-10-16(29-3)19-18-13(8-9-24-19)12-6-4-5-7-15(12)26(20(14)18)23(11,2)22(28)25-21(17)27/h4-11,17H,1-3H3,(H,25,27,28)/t11-,17?,23+/m1/s1. The number of pyridine rings is 1. The lowest BCUT2D eigenvalue weighted by molar-refractivity contribution is -0.141. The fourth-order valence-corrected chi connectivity index (χ4v) is 5.46. The topological polar surface area (TPSA) is 71.5 Å². The van der Waals surface area contributed by atoms with E-state index < -0.39 is 11.5 Å². The number of anilines is 2. The molecule has 29 heavy (non-hydrogen) atoms. The lowest BCUT2D eigenvalue weighted by atomic mass is 9.65. The first-order valence-electron chi connectivity index (χ1n) is 9.73. The normalized spacial score (nSPS) is 26.2. The minimum absolute atomic E-state index is 0.204. The number of nitrogens with zero attached hydrogens (tertiary/aromatic N) is 2. The van der Waals surface area contributed by atoms with E-state index in [4.69, 9.17) is 4.74 Å². The molecular formula is C23H19N3O3. The largest absolute Gasteiger partial charge is 0.494 e. The van der Waals surface area contributed by atoms with Gasteiger partial charge in [0, 0.05) is 23.1 Å². The lowest BCUT2D eigenvalue weighted by Gasteiger charge is -2.56. The Morgan fingerprint density at radius 2 is 1.97 bits per heavy atom. The van der Waals surface area contributed by atoms with Crippen molar-refractivity contribution in [2.24, 2.45) is 5.92 Å². The molecule has 1 saturated heterocycles. The first-order valence-corrected chi connectivity index (χ1v) is 9.73. The highest BCUT2D eigenvalue weighted by atomic mass is 16.5. The average Bonchev–Trinajstić information content (AvgIpc) is 2.73. The van der Waals surface area contributed by atoms with Gasteiger partial charge in [-0.3, -0.25) is 19.9 Å². The van der Waals surface area contributed by atoms with Gasteiger partial charge in [-0.1, -0.05) is 25.1 Å². The maximum atomic E-state index is 13.2. The quantitative estimate of drug-likeness (QED) is 0.649. The number of imide groups is 1. The van der Waals surface area contributed by atoms with Crippen molar-refractivity contribution in [1.29, 1.82) is 0 Å². The first kappa shape index (κ1) is 16.5. The number of carbonyl (C=O) groups excluding carboxylic acids is 2. The fourth-order valence-electron chi connectivity index (χ4n) is 5.46. The monoisotopic (exact) mass is 385 g/mol. The van der Waals surface area contributed by atoms with Crippen LogP contribution in [0.4, 0.5) is 11.4 Å². The molecule has 144 valence electrons. The molecule has 3 aliphatic rings. The fraction of sp³-hybridized carbons (Fsp3) is 0.261. The van der Waals surface area contributed by atoms with Crippen LogP contribution in [0.25, 0.3) is 22.0 Å². The third-order valence-corrected chi connectivity index (χ3v) is 7.02. The van der Waals surface area contributed by atoms with Crippen LogP contribution in [0.2, 0.25) is 0 Å². The average molecular weight is 385 g/mol. The molecule has 2 aromatic carbocycles. The van der Waals surface area contributed by atoms with Crippen molar-refractivity contribution in [1.82, 2.24) is 10.3 Å². The van der Waals surface area contributed by atoms with E-state index >= 15 is 0 Å². The van der Waals surface area contributed by atoms with E-state index in [0.717, 1.165) is 39.0 Å². The Morgan fingerprint density at radius 1 is 1.17 bits per heavy atom. The molecule has 6 nitrogen and oxygen atoms in total. The van der Waals surface area contributed by atoms with Gasteiger partial charge in [-0.05, 0) is 36.2 Å². The number of amides is 2. The zero-order valence-electron chi connectivity index (χ0n) is 16.3. The number of fused-ring (bicyclic) bond motifs is 7. The summed E-state index contributed by atoms with van der Waals surface area (Å²) in [6.45, 7) is 3.92. The minimum atomic E-state index is -0.892.